The molecule has 5 nitrogen and oxygen atoms in total. The van der Waals surface area contributed by atoms with Crippen LogP contribution in [-0.4, -0.2) is 21.7 Å². The third-order valence-corrected chi connectivity index (χ3v) is 3.79. The summed E-state index contributed by atoms with van der Waals surface area (Å²) in [7, 11) is 0. The first kappa shape index (κ1) is 17.7. The summed E-state index contributed by atoms with van der Waals surface area (Å²) >= 11 is 0. The molecule has 1 amide bonds. The number of nitrogens with one attached hydrogen (secondary N) is 1. The molecule has 0 aliphatic carbocycles. The van der Waals surface area contributed by atoms with Crippen LogP contribution in [0.25, 0.3) is 11.0 Å². The SMILES string of the molecule is Cc1nc2ccccc2n1CC(=O)N/N=C\c1ccc(C(F)(F)F)cc1. The van der Waals surface area contributed by atoms with E-state index in [-0.39, 0.29) is 12.5 Å². The van der Waals surface area contributed by atoms with Gasteiger partial charge >= 0.3 is 6.18 Å². The van der Waals surface area contributed by atoms with E-state index in [1.165, 1.54) is 18.3 Å². The number of hydrazone groups is 1. The molecule has 2 aromatic carbocycles. The van der Waals surface area contributed by atoms with Crippen molar-refractivity contribution in [2.45, 2.75) is 19.6 Å². The normalized spacial score (nSPS) is 12.0. The van der Waals surface area contributed by atoms with E-state index >= 15 is 0 Å². The van der Waals surface area contributed by atoms with Gasteiger partial charge in [-0.2, -0.15) is 18.3 Å². The number of hydrogen-bond acceptors (Lipinski definition) is 3. The Labute approximate surface area is 147 Å². The zero-order chi connectivity index (χ0) is 18.7. The number of aromatic nitrogens is 2. The molecule has 0 aliphatic heterocycles. The Balaban J connectivity index is 1.63. The van der Waals surface area contributed by atoms with Crippen molar-refractivity contribution in [2.75, 3.05) is 0 Å². The number of nitrogens with zero attached hydrogens (tertiary/aromatic N) is 3. The van der Waals surface area contributed by atoms with Gasteiger partial charge in [-0.05, 0) is 36.8 Å². The summed E-state index contributed by atoms with van der Waals surface area (Å²) in [5, 5.41) is 3.78. The van der Waals surface area contributed by atoms with E-state index in [1.54, 1.807) is 11.5 Å². The van der Waals surface area contributed by atoms with Crippen LogP contribution in [0.5, 0.6) is 0 Å². The lowest BCUT2D eigenvalue weighted by molar-refractivity contribution is -0.137. The molecule has 0 atom stereocenters. The summed E-state index contributed by atoms with van der Waals surface area (Å²) in [5.74, 6) is 0.340. The molecular formula is C18H15F3N4O. The van der Waals surface area contributed by atoms with E-state index in [1.807, 2.05) is 24.3 Å². The summed E-state index contributed by atoms with van der Waals surface area (Å²) in [6.45, 7) is 1.84. The van der Waals surface area contributed by atoms with E-state index < -0.39 is 11.7 Å². The molecule has 134 valence electrons. The number of amides is 1. The highest BCUT2D eigenvalue weighted by atomic mass is 19.4. The molecule has 0 unspecified atom stereocenters. The van der Waals surface area contributed by atoms with E-state index in [9.17, 15) is 18.0 Å². The molecule has 3 rings (SSSR count). The van der Waals surface area contributed by atoms with Crippen molar-refractivity contribution in [1.82, 2.24) is 15.0 Å². The van der Waals surface area contributed by atoms with Gasteiger partial charge in [-0.15, -0.1) is 0 Å². The van der Waals surface area contributed by atoms with E-state index in [0.717, 1.165) is 23.2 Å². The lowest BCUT2D eigenvalue weighted by Gasteiger charge is -2.06. The van der Waals surface area contributed by atoms with Crippen molar-refractivity contribution in [1.29, 1.82) is 0 Å². The van der Waals surface area contributed by atoms with Crippen LogP contribution in [0.3, 0.4) is 0 Å². The van der Waals surface area contributed by atoms with Gasteiger partial charge in [0, 0.05) is 0 Å². The van der Waals surface area contributed by atoms with Gasteiger partial charge in [0.2, 0.25) is 0 Å². The fourth-order valence-electron chi connectivity index (χ4n) is 2.51. The van der Waals surface area contributed by atoms with Crippen molar-refractivity contribution in [2.24, 2.45) is 5.10 Å². The predicted octanol–water partition coefficient (Wildman–Crippen LogP) is 3.51. The number of benzene rings is 2. The number of imidazole rings is 1. The first-order valence-electron chi connectivity index (χ1n) is 7.75. The molecule has 1 aromatic heterocycles. The number of rotatable bonds is 4. The van der Waals surface area contributed by atoms with Gasteiger partial charge in [0.25, 0.3) is 5.91 Å². The van der Waals surface area contributed by atoms with Crippen LogP contribution in [0.15, 0.2) is 53.6 Å². The Bertz CT molecular complexity index is 959. The number of fused-ring (bicyclic) bond motifs is 1. The fourth-order valence-corrected chi connectivity index (χ4v) is 2.51. The Hall–Kier alpha value is -3.16. The molecule has 8 heteroatoms. The minimum atomic E-state index is -4.38. The molecule has 0 aliphatic rings. The maximum atomic E-state index is 12.5. The number of alkyl halides is 3. The number of halogens is 3. The van der Waals surface area contributed by atoms with Gasteiger partial charge in [-0.3, -0.25) is 4.79 Å². The van der Waals surface area contributed by atoms with Gasteiger partial charge in [0.15, 0.2) is 0 Å². The van der Waals surface area contributed by atoms with E-state index in [2.05, 4.69) is 15.5 Å². The average molecular weight is 360 g/mol. The predicted molar refractivity (Wildman–Crippen MR) is 91.7 cm³/mol. The molecule has 1 heterocycles. The number of aryl methyl sites for hydroxylation is 1. The highest BCUT2D eigenvalue weighted by Gasteiger charge is 2.29. The van der Waals surface area contributed by atoms with Crippen molar-refractivity contribution in [3.8, 4) is 0 Å². The third-order valence-electron chi connectivity index (χ3n) is 3.79. The van der Waals surface area contributed by atoms with Gasteiger partial charge in [0.05, 0.1) is 22.8 Å². The van der Waals surface area contributed by atoms with Crippen molar-refractivity contribution < 1.29 is 18.0 Å². The van der Waals surface area contributed by atoms with Gasteiger partial charge in [-0.25, -0.2) is 10.4 Å². The van der Waals surface area contributed by atoms with Gasteiger partial charge in [0.1, 0.15) is 12.4 Å². The fraction of sp³-hybridized carbons (Fsp3) is 0.167. The first-order valence-corrected chi connectivity index (χ1v) is 7.75. The lowest BCUT2D eigenvalue weighted by atomic mass is 10.1. The second-order valence-corrected chi connectivity index (χ2v) is 5.65. The molecule has 0 spiro atoms. The molecule has 1 N–H and O–H groups in total. The van der Waals surface area contributed by atoms with Crippen LogP contribution in [0.1, 0.15) is 17.0 Å². The van der Waals surface area contributed by atoms with Crippen LogP contribution in [0, 0.1) is 6.92 Å². The monoisotopic (exact) mass is 360 g/mol. The molecule has 0 radical (unpaired) electrons. The number of para-hydroxylation sites is 2. The van der Waals surface area contributed by atoms with Crippen LogP contribution in [0.4, 0.5) is 13.2 Å². The zero-order valence-corrected chi connectivity index (χ0v) is 13.8. The zero-order valence-electron chi connectivity index (χ0n) is 13.8. The number of carbonyl (C=O) groups is 1. The Kier molecular flexibility index (Phi) is 4.75. The molecule has 0 bridgehead atoms. The summed E-state index contributed by atoms with van der Waals surface area (Å²) in [6, 6.07) is 12.0. The Morgan fingerprint density at radius 3 is 2.58 bits per heavy atom. The topological polar surface area (TPSA) is 59.3 Å². The van der Waals surface area contributed by atoms with Crippen LogP contribution >= 0.6 is 0 Å². The standard InChI is InChI=1S/C18H15F3N4O/c1-12-23-15-4-2-3-5-16(15)25(12)11-17(26)24-22-10-13-6-8-14(9-7-13)18(19,20)21/h2-10H,11H2,1H3,(H,24,26)/b22-10-. The minimum absolute atomic E-state index is 0.0384. The average Bonchev–Trinajstić information content (AvgIpc) is 2.90. The summed E-state index contributed by atoms with van der Waals surface area (Å²) in [5.41, 5.74) is 3.71. The number of carbonyl (C=O) groups excluding carboxylic acids is 1. The largest absolute Gasteiger partial charge is 0.416 e. The summed E-state index contributed by atoms with van der Waals surface area (Å²) in [4.78, 5) is 16.4. The molecule has 3 aromatic rings. The quantitative estimate of drug-likeness (QED) is 0.572. The summed E-state index contributed by atoms with van der Waals surface area (Å²) < 4.78 is 39.3. The Morgan fingerprint density at radius 2 is 1.88 bits per heavy atom. The summed E-state index contributed by atoms with van der Waals surface area (Å²) in [6.07, 6.45) is -3.09. The molecule has 26 heavy (non-hydrogen) atoms. The maximum absolute atomic E-state index is 12.5. The van der Waals surface area contributed by atoms with Crippen LogP contribution in [-0.2, 0) is 17.5 Å². The molecular weight excluding hydrogens is 345 g/mol. The highest BCUT2D eigenvalue weighted by molar-refractivity contribution is 5.83. The maximum Gasteiger partial charge on any atom is 0.416 e. The Morgan fingerprint density at radius 1 is 1.19 bits per heavy atom. The second-order valence-electron chi connectivity index (χ2n) is 5.65. The smallest absolute Gasteiger partial charge is 0.319 e. The molecule has 0 fully saturated rings. The van der Waals surface area contributed by atoms with Crippen LogP contribution < -0.4 is 5.43 Å². The van der Waals surface area contributed by atoms with Gasteiger partial charge < -0.3 is 4.57 Å². The third kappa shape index (κ3) is 3.90. The molecule has 0 saturated heterocycles. The van der Waals surface area contributed by atoms with Crippen LogP contribution in [0.2, 0.25) is 0 Å². The van der Waals surface area contributed by atoms with Crippen molar-refractivity contribution >= 4 is 23.2 Å². The second kappa shape index (κ2) is 6.99. The van der Waals surface area contributed by atoms with Crippen molar-refractivity contribution in [3.63, 3.8) is 0 Å². The number of hydrogen-bond donors (Lipinski definition) is 1. The van der Waals surface area contributed by atoms with E-state index in [0.29, 0.717) is 11.4 Å². The first-order chi connectivity index (χ1) is 12.3. The highest BCUT2D eigenvalue weighted by Crippen LogP contribution is 2.28. The molecule has 0 saturated carbocycles. The van der Waals surface area contributed by atoms with E-state index in [4.69, 9.17) is 0 Å². The van der Waals surface area contributed by atoms with Gasteiger partial charge in [-0.1, -0.05) is 24.3 Å². The lowest BCUT2D eigenvalue weighted by Crippen LogP contribution is -2.23. The minimum Gasteiger partial charge on any atom is -0.319 e. The van der Waals surface area contributed by atoms with Crippen molar-refractivity contribution in [3.05, 3.63) is 65.5 Å².